The predicted molar refractivity (Wildman–Crippen MR) is 62.0 cm³/mol. The molecule has 2 unspecified atom stereocenters. The van der Waals surface area contributed by atoms with Crippen molar-refractivity contribution in [2.45, 2.75) is 32.5 Å². The van der Waals surface area contributed by atoms with Crippen LogP contribution in [0.3, 0.4) is 0 Å². The summed E-state index contributed by atoms with van der Waals surface area (Å²) in [5.41, 5.74) is 0.358. The van der Waals surface area contributed by atoms with Gasteiger partial charge in [-0.25, -0.2) is 4.39 Å². The highest BCUT2D eigenvalue weighted by molar-refractivity contribution is 6.30. The van der Waals surface area contributed by atoms with E-state index in [1.807, 2.05) is 0 Å². The minimum absolute atomic E-state index is 0.0645. The Bertz CT molecular complexity index is 355. The zero-order chi connectivity index (χ0) is 12.3. The van der Waals surface area contributed by atoms with Crippen LogP contribution in [0.2, 0.25) is 5.02 Å². The maximum absolute atomic E-state index is 13.4. The quantitative estimate of drug-likeness (QED) is 0.857. The van der Waals surface area contributed by atoms with Crippen LogP contribution >= 0.6 is 11.6 Å². The number of benzene rings is 1. The highest BCUT2D eigenvalue weighted by Gasteiger charge is 2.21. The second-order valence-electron chi connectivity index (χ2n) is 4.24. The summed E-state index contributed by atoms with van der Waals surface area (Å²) in [4.78, 5) is 0. The molecule has 0 aliphatic carbocycles. The minimum Gasteiger partial charge on any atom is -0.390 e. The Kier molecular flexibility index (Phi) is 4.71. The molecule has 1 aromatic rings. The summed E-state index contributed by atoms with van der Waals surface area (Å²) in [6, 6.07) is 4.29. The lowest BCUT2D eigenvalue weighted by atomic mass is 9.96. The van der Waals surface area contributed by atoms with Crippen molar-refractivity contribution in [3.05, 3.63) is 34.6 Å². The Labute approximate surface area is 99.7 Å². The van der Waals surface area contributed by atoms with Gasteiger partial charge in [-0.15, -0.1) is 0 Å². The zero-order valence-corrected chi connectivity index (χ0v) is 10.1. The third-order valence-corrected chi connectivity index (χ3v) is 2.76. The van der Waals surface area contributed by atoms with E-state index in [0.717, 1.165) is 0 Å². The van der Waals surface area contributed by atoms with E-state index in [0.29, 0.717) is 10.6 Å². The first-order chi connectivity index (χ1) is 7.41. The minimum atomic E-state index is -0.962. The van der Waals surface area contributed by atoms with E-state index in [1.54, 1.807) is 19.9 Å². The third-order valence-electron chi connectivity index (χ3n) is 2.52. The number of aliphatic hydroxyl groups excluding tert-OH is 2. The van der Waals surface area contributed by atoms with Gasteiger partial charge < -0.3 is 10.2 Å². The number of halogens is 2. The van der Waals surface area contributed by atoms with E-state index in [-0.39, 0.29) is 12.3 Å². The molecule has 16 heavy (non-hydrogen) atoms. The van der Waals surface area contributed by atoms with Gasteiger partial charge in [0.1, 0.15) is 5.82 Å². The molecule has 2 N–H and O–H groups in total. The summed E-state index contributed by atoms with van der Waals surface area (Å²) in [5, 5.41) is 19.6. The number of hydrogen-bond acceptors (Lipinski definition) is 2. The Morgan fingerprint density at radius 1 is 1.31 bits per heavy atom. The van der Waals surface area contributed by atoms with Crippen LogP contribution in [0.15, 0.2) is 18.2 Å². The predicted octanol–water partition coefficient (Wildman–Crippen LogP) is 2.40. The molecule has 0 radical (unpaired) electrons. The second-order valence-corrected chi connectivity index (χ2v) is 4.68. The zero-order valence-electron chi connectivity index (χ0n) is 9.32. The molecule has 0 heterocycles. The molecule has 0 saturated heterocycles. The normalized spacial score (nSPS) is 15.2. The van der Waals surface area contributed by atoms with Gasteiger partial charge in [-0.05, 0) is 23.6 Å². The van der Waals surface area contributed by atoms with Crippen LogP contribution in [0.5, 0.6) is 0 Å². The number of rotatable bonds is 4. The molecule has 0 amide bonds. The van der Waals surface area contributed by atoms with Gasteiger partial charge >= 0.3 is 0 Å². The van der Waals surface area contributed by atoms with Gasteiger partial charge in [0.15, 0.2) is 0 Å². The smallest absolute Gasteiger partial charge is 0.127 e. The average Bonchev–Trinajstić information content (AvgIpc) is 2.20. The van der Waals surface area contributed by atoms with E-state index in [1.165, 1.54) is 12.1 Å². The van der Waals surface area contributed by atoms with Crippen molar-refractivity contribution >= 4 is 11.6 Å². The van der Waals surface area contributed by atoms with Gasteiger partial charge in [0.2, 0.25) is 0 Å². The molecule has 0 aromatic heterocycles. The molecule has 0 fully saturated rings. The molecule has 0 saturated carbocycles. The first-order valence-electron chi connectivity index (χ1n) is 5.22. The standard InChI is InChI=1S/C12H16ClFO2/c1-7(2)12(16)11(15)5-8-3-4-9(13)6-10(8)14/h3-4,6-7,11-12,15-16H,5H2,1-2H3. The lowest BCUT2D eigenvalue weighted by Gasteiger charge is -2.21. The van der Waals surface area contributed by atoms with Gasteiger partial charge in [0.25, 0.3) is 0 Å². The van der Waals surface area contributed by atoms with Crippen LogP contribution in [-0.2, 0) is 6.42 Å². The number of hydrogen-bond donors (Lipinski definition) is 2. The topological polar surface area (TPSA) is 40.5 Å². The SMILES string of the molecule is CC(C)C(O)C(O)Cc1ccc(Cl)cc1F. The van der Waals surface area contributed by atoms with Crippen molar-refractivity contribution in [3.8, 4) is 0 Å². The molecule has 2 nitrogen and oxygen atoms in total. The van der Waals surface area contributed by atoms with Gasteiger partial charge in [0.05, 0.1) is 12.2 Å². The summed E-state index contributed by atoms with van der Waals surface area (Å²) in [6.45, 7) is 3.60. The van der Waals surface area contributed by atoms with Crippen molar-refractivity contribution in [3.63, 3.8) is 0 Å². The van der Waals surface area contributed by atoms with Crippen LogP contribution in [0.4, 0.5) is 4.39 Å². The monoisotopic (exact) mass is 246 g/mol. The van der Waals surface area contributed by atoms with E-state index in [9.17, 15) is 14.6 Å². The number of aliphatic hydroxyl groups is 2. The lowest BCUT2D eigenvalue weighted by molar-refractivity contribution is -0.00768. The second kappa shape index (κ2) is 5.62. The summed E-state index contributed by atoms with van der Waals surface area (Å²) < 4.78 is 13.4. The van der Waals surface area contributed by atoms with Gasteiger partial charge in [-0.3, -0.25) is 0 Å². The Hall–Kier alpha value is -0.640. The first-order valence-corrected chi connectivity index (χ1v) is 5.59. The Morgan fingerprint density at radius 2 is 1.94 bits per heavy atom. The van der Waals surface area contributed by atoms with Crippen molar-refractivity contribution in [1.29, 1.82) is 0 Å². The molecule has 0 spiro atoms. The van der Waals surface area contributed by atoms with Crippen LogP contribution in [0, 0.1) is 11.7 Å². The van der Waals surface area contributed by atoms with Crippen molar-refractivity contribution in [1.82, 2.24) is 0 Å². The van der Waals surface area contributed by atoms with E-state index in [4.69, 9.17) is 11.6 Å². The molecular formula is C12H16ClFO2. The van der Waals surface area contributed by atoms with Gasteiger partial charge in [-0.1, -0.05) is 31.5 Å². The summed E-state index contributed by atoms with van der Waals surface area (Å²) >= 11 is 5.61. The van der Waals surface area contributed by atoms with Crippen molar-refractivity contribution < 1.29 is 14.6 Å². The van der Waals surface area contributed by atoms with Crippen molar-refractivity contribution in [2.75, 3.05) is 0 Å². The largest absolute Gasteiger partial charge is 0.390 e. The van der Waals surface area contributed by atoms with Gasteiger partial charge in [-0.2, -0.15) is 0 Å². The van der Waals surface area contributed by atoms with Crippen LogP contribution in [0.1, 0.15) is 19.4 Å². The Balaban J connectivity index is 2.73. The fourth-order valence-electron chi connectivity index (χ4n) is 1.48. The fraction of sp³-hybridized carbons (Fsp3) is 0.500. The van der Waals surface area contributed by atoms with Crippen LogP contribution in [-0.4, -0.2) is 22.4 Å². The maximum atomic E-state index is 13.4. The molecule has 0 aliphatic rings. The average molecular weight is 247 g/mol. The fourth-order valence-corrected chi connectivity index (χ4v) is 1.64. The summed E-state index contributed by atoms with van der Waals surface area (Å²) in [6.07, 6.45) is -1.73. The van der Waals surface area contributed by atoms with Crippen molar-refractivity contribution in [2.24, 2.45) is 5.92 Å². The highest BCUT2D eigenvalue weighted by atomic mass is 35.5. The highest BCUT2D eigenvalue weighted by Crippen LogP contribution is 2.18. The third kappa shape index (κ3) is 3.44. The molecule has 90 valence electrons. The lowest BCUT2D eigenvalue weighted by Crippen LogP contribution is -2.32. The summed E-state index contributed by atoms with van der Waals surface area (Å²) in [5.74, 6) is -0.520. The van der Waals surface area contributed by atoms with E-state index < -0.39 is 18.0 Å². The molecule has 1 rings (SSSR count). The molecule has 0 aliphatic heterocycles. The van der Waals surface area contributed by atoms with E-state index in [2.05, 4.69) is 0 Å². The first kappa shape index (κ1) is 13.4. The molecule has 4 heteroatoms. The van der Waals surface area contributed by atoms with Crippen LogP contribution in [0.25, 0.3) is 0 Å². The molecule has 0 bridgehead atoms. The van der Waals surface area contributed by atoms with Gasteiger partial charge in [0, 0.05) is 11.4 Å². The summed E-state index contributed by atoms with van der Waals surface area (Å²) in [7, 11) is 0. The van der Waals surface area contributed by atoms with Crippen LogP contribution < -0.4 is 0 Å². The molecule has 1 aromatic carbocycles. The Morgan fingerprint density at radius 3 is 2.44 bits per heavy atom. The maximum Gasteiger partial charge on any atom is 0.127 e. The van der Waals surface area contributed by atoms with E-state index >= 15 is 0 Å². The molecular weight excluding hydrogens is 231 g/mol. The molecule has 2 atom stereocenters.